The summed E-state index contributed by atoms with van der Waals surface area (Å²) in [7, 11) is 0. The minimum absolute atomic E-state index is 0.0440. The molecule has 0 saturated heterocycles. The number of ketones is 1. The van der Waals surface area contributed by atoms with E-state index in [1.165, 1.54) is 4.88 Å². The highest BCUT2D eigenvalue weighted by molar-refractivity contribution is 7.12. The van der Waals surface area contributed by atoms with Crippen LogP contribution in [-0.2, 0) is 0 Å². The van der Waals surface area contributed by atoms with Crippen LogP contribution in [0.2, 0.25) is 0 Å². The van der Waals surface area contributed by atoms with Gasteiger partial charge in [-0.05, 0) is 19.4 Å². The average molecular weight is 181 g/mol. The van der Waals surface area contributed by atoms with E-state index in [1.807, 2.05) is 13.8 Å². The van der Waals surface area contributed by atoms with E-state index < -0.39 is 0 Å². The molecular formula is C9H11NOS. The van der Waals surface area contributed by atoms with Crippen molar-refractivity contribution in [1.82, 2.24) is 0 Å². The molecule has 0 saturated carbocycles. The highest BCUT2D eigenvalue weighted by atomic mass is 32.1. The number of hydrogen-bond donors (Lipinski definition) is 1. The summed E-state index contributed by atoms with van der Waals surface area (Å²) in [6, 6.07) is -0.0440. The zero-order valence-corrected chi connectivity index (χ0v) is 7.99. The van der Waals surface area contributed by atoms with Crippen molar-refractivity contribution in [3.05, 3.63) is 20.9 Å². The molecule has 2 rings (SSSR count). The Morgan fingerprint density at radius 1 is 1.42 bits per heavy atom. The highest BCUT2D eigenvalue weighted by Gasteiger charge is 2.31. The summed E-state index contributed by atoms with van der Waals surface area (Å²) in [4.78, 5) is 13.8. The van der Waals surface area contributed by atoms with Crippen LogP contribution in [0.3, 0.4) is 0 Å². The maximum absolute atomic E-state index is 11.4. The molecule has 3 heteroatoms. The molecule has 0 amide bonds. The van der Waals surface area contributed by atoms with Crippen LogP contribution in [-0.4, -0.2) is 5.78 Å². The smallest absolute Gasteiger partial charge is 0.166 e. The first-order valence-corrected chi connectivity index (χ1v) is 4.81. The average Bonchev–Trinajstić information content (AvgIpc) is 2.38. The lowest BCUT2D eigenvalue weighted by atomic mass is 10.1. The lowest BCUT2D eigenvalue weighted by molar-refractivity contribution is 0.0989. The van der Waals surface area contributed by atoms with Crippen molar-refractivity contribution < 1.29 is 4.79 Å². The summed E-state index contributed by atoms with van der Waals surface area (Å²) in [6.07, 6.45) is 0.500. The maximum atomic E-state index is 11.4. The molecule has 1 aliphatic rings. The van der Waals surface area contributed by atoms with Crippen LogP contribution in [0.5, 0.6) is 0 Å². The van der Waals surface area contributed by atoms with Gasteiger partial charge in [0, 0.05) is 27.8 Å². The fourth-order valence-corrected chi connectivity index (χ4v) is 3.05. The van der Waals surface area contributed by atoms with Crippen molar-refractivity contribution in [3.8, 4) is 0 Å². The lowest BCUT2D eigenvalue weighted by Crippen LogP contribution is -2.06. The topological polar surface area (TPSA) is 43.1 Å². The number of carbonyl (C=O) groups excluding carboxylic acids is 1. The lowest BCUT2D eigenvalue weighted by Gasteiger charge is -2.00. The number of fused-ring (bicyclic) bond motifs is 1. The minimum atomic E-state index is -0.0440. The van der Waals surface area contributed by atoms with Crippen LogP contribution in [0, 0.1) is 13.8 Å². The number of hydrogen-bond acceptors (Lipinski definition) is 3. The molecule has 2 N–H and O–H groups in total. The monoisotopic (exact) mass is 181 g/mol. The summed E-state index contributed by atoms with van der Waals surface area (Å²) < 4.78 is 0. The normalized spacial score (nSPS) is 21.6. The van der Waals surface area contributed by atoms with Crippen molar-refractivity contribution in [2.45, 2.75) is 26.3 Å². The van der Waals surface area contributed by atoms with Gasteiger partial charge in [-0.3, -0.25) is 4.79 Å². The third-order valence-electron chi connectivity index (χ3n) is 2.36. The molecule has 0 aromatic carbocycles. The van der Waals surface area contributed by atoms with E-state index in [0.29, 0.717) is 6.42 Å². The van der Waals surface area contributed by atoms with Gasteiger partial charge in [-0.25, -0.2) is 0 Å². The molecule has 1 atom stereocenters. The fraction of sp³-hybridized carbons (Fsp3) is 0.444. The Labute approximate surface area is 75.4 Å². The van der Waals surface area contributed by atoms with Crippen LogP contribution in [0.1, 0.15) is 38.1 Å². The molecule has 0 fully saturated rings. The number of rotatable bonds is 0. The van der Waals surface area contributed by atoms with Crippen molar-refractivity contribution in [2.75, 3.05) is 0 Å². The van der Waals surface area contributed by atoms with Gasteiger partial charge in [0.15, 0.2) is 5.78 Å². The Bertz CT molecular complexity index is 354. The Morgan fingerprint density at radius 2 is 2.08 bits per heavy atom. The first-order chi connectivity index (χ1) is 5.61. The Kier molecular flexibility index (Phi) is 1.59. The van der Waals surface area contributed by atoms with E-state index in [9.17, 15) is 4.79 Å². The molecule has 12 heavy (non-hydrogen) atoms. The number of carbonyl (C=O) groups is 1. The van der Waals surface area contributed by atoms with E-state index in [2.05, 4.69) is 0 Å². The summed E-state index contributed by atoms with van der Waals surface area (Å²) in [5, 5.41) is 0. The molecule has 1 aliphatic carbocycles. The Balaban J connectivity index is 2.69. The van der Waals surface area contributed by atoms with Gasteiger partial charge in [0.05, 0.1) is 0 Å². The second-order valence-electron chi connectivity index (χ2n) is 3.24. The van der Waals surface area contributed by atoms with Crippen molar-refractivity contribution in [1.29, 1.82) is 0 Å². The second kappa shape index (κ2) is 2.41. The standard InChI is InChI=1S/C9H11NOS/c1-4-8-6(10)3-7(11)9(8)5(2)12-4/h6H,3,10H2,1-2H3. The van der Waals surface area contributed by atoms with Crippen LogP contribution in [0.4, 0.5) is 0 Å². The van der Waals surface area contributed by atoms with E-state index in [4.69, 9.17) is 5.73 Å². The van der Waals surface area contributed by atoms with E-state index >= 15 is 0 Å². The molecular weight excluding hydrogens is 170 g/mol. The number of aryl methyl sites for hydroxylation is 2. The van der Waals surface area contributed by atoms with Crippen LogP contribution in [0.15, 0.2) is 0 Å². The molecule has 1 aromatic rings. The van der Waals surface area contributed by atoms with Gasteiger partial charge in [-0.1, -0.05) is 0 Å². The predicted octanol–water partition coefficient (Wildman–Crippen LogP) is 1.95. The molecule has 2 nitrogen and oxygen atoms in total. The second-order valence-corrected chi connectivity index (χ2v) is 4.67. The van der Waals surface area contributed by atoms with Gasteiger partial charge < -0.3 is 5.73 Å². The van der Waals surface area contributed by atoms with Crippen molar-refractivity contribution in [3.63, 3.8) is 0 Å². The highest BCUT2D eigenvalue weighted by Crippen LogP contribution is 2.38. The zero-order valence-electron chi connectivity index (χ0n) is 7.18. The molecule has 0 spiro atoms. The van der Waals surface area contributed by atoms with Crippen molar-refractivity contribution >= 4 is 17.1 Å². The third kappa shape index (κ3) is 0.867. The minimum Gasteiger partial charge on any atom is -0.324 e. The zero-order chi connectivity index (χ0) is 8.88. The first-order valence-electron chi connectivity index (χ1n) is 4.00. The molecule has 1 heterocycles. The van der Waals surface area contributed by atoms with Crippen LogP contribution in [0.25, 0.3) is 0 Å². The number of thiophene rings is 1. The van der Waals surface area contributed by atoms with Crippen molar-refractivity contribution in [2.24, 2.45) is 5.73 Å². The van der Waals surface area contributed by atoms with Gasteiger partial charge in [0.2, 0.25) is 0 Å². The molecule has 64 valence electrons. The van der Waals surface area contributed by atoms with Gasteiger partial charge in [-0.15, -0.1) is 11.3 Å². The quantitative estimate of drug-likeness (QED) is 0.664. The first kappa shape index (κ1) is 7.95. The maximum Gasteiger partial charge on any atom is 0.166 e. The molecule has 0 radical (unpaired) electrons. The molecule has 0 bridgehead atoms. The Hall–Kier alpha value is -0.670. The van der Waals surface area contributed by atoms with Gasteiger partial charge in [0.1, 0.15) is 0 Å². The van der Waals surface area contributed by atoms with E-state index in [1.54, 1.807) is 11.3 Å². The molecule has 1 aromatic heterocycles. The molecule has 0 aliphatic heterocycles. The molecule has 1 unspecified atom stereocenters. The number of nitrogens with two attached hydrogens (primary N) is 1. The van der Waals surface area contributed by atoms with Crippen LogP contribution < -0.4 is 5.73 Å². The SMILES string of the molecule is Cc1sc(C)c2c1C(=O)CC2N. The van der Waals surface area contributed by atoms with Gasteiger partial charge in [-0.2, -0.15) is 0 Å². The van der Waals surface area contributed by atoms with E-state index in [0.717, 1.165) is 16.0 Å². The third-order valence-corrected chi connectivity index (χ3v) is 3.40. The summed E-state index contributed by atoms with van der Waals surface area (Å²) in [6.45, 7) is 4.03. The number of Topliss-reactive ketones (excluding diaryl/α,β-unsaturated/α-hetero) is 1. The van der Waals surface area contributed by atoms with E-state index in [-0.39, 0.29) is 11.8 Å². The Morgan fingerprint density at radius 3 is 2.67 bits per heavy atom. The summed E-state index contributed by atoms with van der Waals surface area (Å²) in [5.41, 5.74) is 7.84. The summed E-state index contributed by atoms with van der Waals surface area (Å²) in [5.74, 6) is 0.222. The van der Waals surface area contributed by atoms with Crippen LogP contribution >= 0.6 is 11.3 Å². The van der Waals surface area contributed by atoms with Gasteiger partial charge in [0.25, 0.3) is 0 Å². The van der Waals surface area contributed by atoms with Gasteiger partial charge >= 0.3 is 0 Å². The largest absolute Gasteiger partial charge is 0.324 e. The fourth-order valence-electron chi connectivity index (χ4n) is 1.90. The predicted molar refractivity (Wildman–Crippen MR) is 49.7 cm³/mol. The summed E-state index contributed by atoms with van der Waals surface area (Å²) >= 11 is 1.68.